The Balaban J connectivity index is 1.47. The quantitative estimate of drug-likeness (QED) is 0.291. The maximum atomic E-state index is 13.2. The van der Waals surface area contributed by atoms with Crippen molar-refractivity contribution in [2.75, 3.05) is 17.6 Å². The van der Waals surface area contributed by atoms with Gasteiger partial charge in [0.15, 0.2) is 5.16 Å². The Morgan fingerprint density at radius 2 is 1.77 bits per heavy atom. The third kappa shape index (κ3) is 5.75. The second-order valence-corrected chi connectivity index (χ2v) is 8.81. The Morgan fingerprint density at radius 1 is 1.00 bits per heavy atom. The largest absolute Gasteiger partial charge is 0.346 e. The first kappa shape index (κ1) is 24.2. The summed E-state index contributed by atoms with van der Waals surface area (Å²) in [5.41, 5.74) is 3.00. The standard InChI is InChI=1S/C26H25N5O3S/c1-3-18-8-4-6-10-20(18)29-23(32)15-28-24(33)16-35-26-30-21-11-7-5-9-19(21)25(34)31(26)22-13-12-17(2)14-27-22/h4-14H,3,15-16H2,1-2H3,(H,28,33)(H,29,32). The maximum absolute atomic E-state index is 13.2. The number of nitrogens with zero attached hydrogens (tertiary/aromatic N) is 3. The number of carbonyl (C=O) groups excluding carboxylic acids is 2. The van der Waals surface area contributed by atoms with Crippen LogP contribution < -0.4 is 16.2 Å². The number of hydrogen-bond acceptors (Lipinski definition) is 6. The lowest BCUT2D eigenvalue weighted by molar-refractivity contribution is -0.122. The van der Waals surface area contributed by atoms with Gasteiger partial charge in [-0.3, -0.25) is 14.4 Å². The van der Waals surface area contributed by atoms with Crippen LogP contribution in [-0.2, 0) is 16.0 Å². The number of fused-ring (bicyclic) bond motifs is 1. The van der Waals surface area contributed by atoms with Crippen molar-refractivity contribution in [3.8, 4) is 5.82 Å². The molecule has 0 saturated carbocycles. The summed E-state index contributed by atoms with van der Waals surface area (Å²) in [6, 6.07) is 18.2. The van der Waals surface area contributed by atoms with Gasteiger partial charge in [-0.1, -0.05) is 55.1 Å². The molecule has 2 aromatic heterocycles. The second-order valence-electron chi connectivity index (χ2n) is 7.87. The van der Waals surface area contributed by atoms with Crippen LogP contribution in [0.4, 0.5) is 5.69 Å². The lowest BCUT2D eigenvalue weighted by atomic mass is 10.1. The minimum atomic E-state index is -0.347. The van der Waals surface area contributed by atoms with Crippen LogP contribution >= 0.6 is 11.8 Å². The number of carbonyl (C=O) groups is 2. The van der Waals surface area contributed by atoms with E-state index in [0.29, 0.717) is 21.9 Å². The molecule has 2 heterocycles. The third-order valence-electron chi connectivity index (χ3n) is 5.32. The minimum Gasteiger partial charge on any atom is -0.346 e. The highest BCUT2D eigenvalue weighted by Crippen LogP contribution is 2.20. The smallest absolute Gasteiger partial charge is 0.267 e. The molecule has 0 unspecified atom stereocenters. The number of nitrogens with one attached hydrogen (secondary N) is 2. The molecular weight excluding hydrogens is 462 g/mol. The molecule has 178 valence electrons. The Labute approximate surface area is 206 Å². The summed E-state index contributed by atoms with van der Waals surface area (Å²) in [4.78, 5) is 47.0. The number of rotatable bonds is 8. The molecule has 0 spiro atoms. The molecule has 0 saturated heterocycles. The van der Waals surface area contributed by atoms with E-state index in [1.54, 1.807) is 36.5 Å². The van der Waals surface area contributed by atoms with Crippen LogP contribution in [0.3, 0.4) is 0 Å². The topological polar surface area (TPSA) is 106 Å². The third-order valence-corrected chi connectivity index (χ3v) is 6.26. The van der Waals surface area contributed by atoms with Gasteiger partial charge in [0, 0.05) is 11.9 Å². The van der Waals surface area contributed by atoms with E-state index in [0.717, 1.165) is 35.0 Å². The average Bonchev–Trinajstić information content (AvgIpc) is 2.87. The Kier molecular flexibility index (Phi) is 7.57. The predicted molar refractivity (Wildman–Crippen MR) is 138 cm³/mol. The molecule has 0 aliphatic heterocycles. The summed E-state index contributed by atoms with van der Waals surface area (Å²) in [6.07, 6.45) is 2.46. The fourth-order valence-electron chi connectivity index (χ4n) is 3.51. The SMILES string of the molecule is CCc1ccccc1NC(=O)CNC(=O)CSc1nc2ccccc2c(=O)n1-c1ccc(C)cn1. The molecule has 0 bridgehead atoms. The van der Waals surface area contributed by atoms with Crippen molar-refractivity contribution in [1.82, 2.24) is 19.9 Å². The Hall–Kier alpha value is -3.98. The summed E-state index contributed by atoms with van der Waals surface area (Å²) in [7, 11) is 0. The lowest BCUT2D eigenvalue weighted by Gasteiger charge is -2.13. The molecule has 8 nitrogen and oxygen atoms in total. The van der Waals surface area contributed by atoms with E-state index in [-0.39, 0.29) is 29.7 Å². The van der Waals surface area contributed by atoms with Crippen LogP contribution in [0.5, 0.6) is 0 Å². The highest BCUT2D eigenvalue weighted by atomic mass is 32.2. The fourth-order valence-corrected chi connectivity index (χ4v) is 4.34. The van der Waals surface area contributed by atoms with E-state index in [9.17, 15) is 14.4 Å². The Morgan fingerprint density at radius 3 is 2.54 bits per heavy atom. The number of hydrogen-bond donors (Lipinski definition) is 2. The van der Waals surface area contributed by atoms with Gasteiger partial charge in [0.05, 0.1) is 23.2 Å². The first-order chi connectivity index (χ1) is 17.0. The van der Waals surface area contributed by atoms with Crippen molar-refractivity contribution in [2.24, 2.45) is 0 Å². The van der Waals surface area contributed by atoms with Crippen molar-refractivity contribution in [2.45, 2.75) is 25.4 Å². The van der Waals surface area contributed by atoms with E-state index >= 15 is 0 Å². The maximum Gasteiger partial charge on any atom is 0.267 e. The summed E-state index contributed by atoms with van der Waals surface area (Å²) in [5.74, 6) is -0.250. The molecule has 2 N–H and O–H groups in total. The van der Waals surface area contributed by atoms with Crippen molar-refractivity contribution < 1.29 is 9.59 Å². The van der Waals surface area contributed by atoms with Crippen LogP contribution in [0, 0.1) is 6.92 Å². The van der Waals surface area contributed by atoms with E-state index in [1.165, 1.54) is 4.57 Å². The molecule has 4 aromatic rings. The van der Waals surface area contributed by atoms with Crippen LogP contribution in [-0.4, -0.2) is 38.6 Å². The van der Waals surface area contributed by atoms with Gasteiger partial charge in [-0.25, -0.2) is 14.5 Å². The molecule has 2 amide bonds. The summed E-state index contributed by atoms with van der Waals surface area (Å²) in [6.45, 7) is 3.76. The van der Waals surface area contributed by atoms with E-state index < -0.39 is 0 Å². The van der Waals surface area contributed by atoms with Crippen molar-refractivity contribution >= 4 is 40.2 Å². The summed E-state index contributed by atoms with van der Waals surface area (Å²) in [5, 5.41) is 6.27. The van der Waals surface area contributed by atoms with Gasteiger partial charge in [0.25, 0.3) is 5.56 Å². The van der Waals surface area contributed by atoms with Crippen LogP contribution in [0.15, 0.2) is 76.8 Å². The van der Waals surface area contributed by atoms with Gasteiger partial charge in [-0.15, -0.1) is 0 Å². The molecular formula is C26H25N5O3S. The normalized spacial score (nSPS) is 10.8. The molecule has 2 aromatic carbocycles. The zero-order chi connectivity index (χ0) is 24.8. The summed E-state index contributed by atoms with van der Waals surface area (Å²) < 4.78 is 1.41. The first-order valence-electron chi connectivity index (χ1n) is 11.2. The molecule has 0 atom stereocenters. The van der Waals surface area contributed by atoms with Gasteiger partial charge in [-0.05, 0) is 48.7 Å². The van der Waals surface area contributed by atoms with Gasteiger partial charge in [0.2, 0.25) is 11.8 Å². The summed E-state index contributed by atoms with van der Waals surface area (Å²) >= 11 is 1.11. The van der Waals surface area contributed by atoms with E-state index in [2.05, 4.69) is 20.6 Å². The highest BCUT2D eigenvalue weighted by molar-refractivity contribution is 7.99. The van der Waals surface area contributed by atoms with Gasteiger partial charge < -0.3 is 10.6 Å². The number of anilines is 1. The van der Waals surface area contributed by atoms with Gasteiger partial charge >= 0.3 is 0 Å². The van der Waals surface area contributed by atoms with Crippen LogP contribution in [0.25, 0.3) is 16.7 Å². The minimum absolute atomic E-state index is 0.0184. The second kappa shape index (κ2) is 11.0. The number of para-hydroxylation sites is 2. The predicted octanol–water partition coefficient (Wildman–Crippen LogP) is 3.50. The molecule has 9 heteroatoms. The van der Waals surface area contributed by atoms with Crippen molar-refractivity contribution in [1.29, 1.82) is 0 Å². The average molecular weight is 488 g/mol. The van der Waals surface area contributed by atoms with E-state index in [1.807, 2.05) is 44.2 Å². The van der Waals surface area contributed by atoms with Crippen molar-refractivity contribution in [3.05, 3.63) is 88.3 Å². The number of pyridine rings is 1. The molecule has 0 fully saturated rings. The molecule has 0 aliphatic rings. The Bertz CT molecular complexity index is 1430. The zero-order valence-electron chi connectivity index (χ0n) is 19.4. The molecule has 0 radical (unpaired) electrons. The highest BCUT2D eigenvalue weighted by Gasteiger charge is 2.16. The number of aromatic nitrogens is 3. The van der Waals surface area contributed by atoms with Crippen molar-refractivity contribution in [3.63, 3.8) is 0 Å². The molecule has 4 rings (SSSR count). The number of aryl methyl sites for hydroxylation is 2. The molecule has 35 heavy (non-hydrogen) atoms. The number of benzene rings is 2. The monoisotopic (exact) mass is 487 g/mol. The van der Waals surface area contributed by atoms with Crippen LogP contribution in [0.1, 0.15) is 18.1 Å². The lowest BCUT2D eigenvalue weighted by Crippen LogP contribution is -2.34. The molecule has 0 aliphatic carbocycles. The fraction of sp³-hybridized carbons (Fsp3) is 0.192. The number of amides is 2. The van der Waals surface area contributed by atoms with Crippen LogP contribution in [0.2, 0.25) is 0 Å². The zero-order valence-corrected chi connectivity index (χ0v) is 20.3. The van der Waals surface area contributed by atoms with Gasteiger partial charge in [-0.2, -0.15) is 0 Å². The first-order valence-corrected chi connectivity index (χ1v) is 12.2. The van der Waals surface area contributed by atoms with Gasteiger partial charge in [0.1, 0.15) is 5.82 Å². The van der Waals surface area contributed by atoms with E-state index in [4.69, 9.17) is 0 Å². The number of thioether (sulfide) groups is 1.